The van der Waals surface area contributed by atoms with Gasteiger partial charge >= 0.3 is 0 Å². The molecule has 0 fully saturated rings. The number of aryl methyl sites for hydroxylation is 2. The molecule has 0 amide bonds. The van der Waals surface area contributed by atoms with E-state index in [2.05, 4.69) is 123 Å². The number of fused-ring (bicyclic) bond motifs is 5. The molecule has 0 unspecified atom stereocenters. The maximum atomic E-state index is 7.08. The van der Waals surface area contributed by atoms with Crippen LogP contribution in [-0.4, -0.2) is 4.98 Å². The summed E-state index contributed by atoms with van der Waals surface area (Å²) in [7, 11) is 2.13. The van der Waals surface area contributed by atoms with Crippen LogP contribution in [0.2, 0.25) is 0 Å². The Kier molecular flexibility index (Phi) is 6.50. The monoisotopic (exact) mass is 559 g/mol. The van der Waals surface area contributed by atoms with Crippen LogP contribution in [0.15, 0.2) is 48.8 Å². The predicted molar refractivity (Wildman–Crippen MR) is 178 cm³/mol. The first-order valence-corrected chi connectivity index (χ1v) is 15.5. The molecule has 0 saturated heterocycles. The Labute approximate surface area is 251 Å². The van der Waals surface area contributed by atoms with Gasteiger partial charge in [-0.1, -0.05) is 92.6 Å². The van der Waals surface area contributed by atoms with Crippen LogP contribution in [0.25, 0.3) is 43.7 Å². The van der Waals surface area contributed by atoms with Gasteiger partial charge in [0.2, 0.25) is 0 Å². The first-order chi connectivity index (χ1) is 19.5. The van der Waals surface area contributed by atoms with Gasteiger partial charge in [-0.05, 0) is 92.4 Å². The molecule has 0 atom stereocenters. The molecule has 4 aromatic carbocycles. The Hall–Kier alpha value is -3.46. The van der Waals surface area contributed by atoms with Crippen LogP contribution in [0, 0.1) is 23.2 Å². The summed E-state index contributed by atoms with van der Waals surface area (Å²) in [5.41, 5.74) is 9.30. The second-order valence-electron chi connectivity index (χ2n) is 16.4. The van der Waals surface area contributed by atoms with Crippen molar-refractivity contribution >= 4 is 32.4 Å². The molecule has 0 aliphatic carbocycles. The zero-order valence-electron chi connectivity index (χ0n) is 27.5. The van der Waals surface area contributed by atoms with Crippen molar-refractivity contribution in [3.8, 4) is 22.8 Å². The second-order valence-corrected chi connectivity index (χ2v) is 16.4. The smallest absolute Gasteiger partial charge is 0.287 e. The van der Waals surface area contributed by atoms with E-state index in [1.165, 1.54) is 55.1 Å². The molecular weight excluding hydrogens is 512 g/mol. The van der Waals surface area contributed by atoms with Crippen molar-refractivity contribution in [2.24, 2.45) is 23.3 Å². The summed E-state index contributed by atoms with van der Waals surface area (Å²) < 4.78 is 9.28. The fourth-order valence-corrected chi connectivity index (χ4v) is 6.94. The first-order valence-electron chi connectivity index (χ1n) is 15.5. The van der Waals surface area contributed by atoms with Crippen molar-refractivity contribution < 1.29 is 9.30 Å². The van der Waals surface area contributed by atoms with Crippen LogP contribution in [0.5, 0.6) is 11.5 Å². The standard InChI is InChI=1S/C39H47N2O/c1-23-29-17-25(20-38(5,6)7)13-15-28(29)30(21-39(8,9)10)36-32(23)35-33-31(42-36)18-26-16-24(19-37(2,3)4)12-14-27(26)34(33)40-22-41(35)11/h12-18,22H,19-21H2,1-11H3/q+1. The van der Waals surface area contributed by atoms with Crippen LogP contribution in [0.1, 0.15) is 84.6 Å². The molecule has 1 aliphatic rings. The van der Waals surface area contributed by atoms with E-state index in [9.17, 15) is 0 Å². The summed E-state index contributed by atoms with van der Waals surface area (Å²) >= 11 is 0. The van der Waals surface area contributed by atoms with Gasteiger partial charge in [0.15, 0.2) is 11.2 Å². The van der Waals surface area contributed by atoms with Crippen molar-refractivity contribution in [3.63, 3.8) is 0 Å². The molecule has 0 spiro atoms. The lowest BCUT2D eigenvalue weighted by Gasteiger charge is -2.29. The predicted octanol–water partition coefficient (Wildman–Crippen LogP) is 10.2. The SMILES string of the molecule is Cc1c2c(c(CC(C)(C)C)c3ccc(CC(C)(C)C)cc13)Oc1cc3cc(CC(C)(C)C)ccc3c3nc[n+](C)c-2c13. The number of benzene rings is 4. The van der Waals surface area contributed by atoms with Gasteiger partial charge in [-0.15, -0.1) is 0 Å². The molecule has 218 valence electrons. The van der Waals surface area contributed by atoms with Gasteiger partial charge in [0.05, 0.1) is 12.6 Å². The minimum absolute atomic E-state index is 0.102. The summed E-state index contributed by atoms with van der Waals surface area (Å²) in [6.45, 7) is 23.1. The molecule has 1 aliphatic heterocycles. The Morgan fingerprint density at radius 2 is 1.31 bits per heavy atom. The number of hydrogen-bond acceptors (Lipinski definition) is 2. The molecule has 3 heteroatoms. The van der Waals surface area contributed by atoms with Gasteiger partial charge in [-0.2, -0.15) is 0 Å². The third-order valence-corrected chi connectivity index (χ3v) is 8.40. The summed E-state index contributed by atoms with van der Waals surface area (Å²) in [6.07, 6.45) is 4.99. The largest absolute Gasteiger partial charge is 0.455 e. The van der Waals surface area contributed by atoms with Gasteiger partial charge < -0.3 is 4.74 Å². The van der Waals surface area contributed by atoms with Crippen molar-refractivity contribution in [1.82, 2.24) is 4.98 Å². The fraction of sp³-hybridized carbons (Fsp3) is 0.436. The fourth-order valence-electron chi connectivity index (χ4n) is 6.94. The maximum Gasteiger partial charge on any atom is 0.287 e. The number of aromatic nitrogens is 2. The van der Waals surface area contributed by atoms with Crippen LogP contribution in [-0.2, 0) is 26.3 Å². The maximum absolute atomic E-state index is 7.08. The summed E-state index contributed by atoms with van der Waals surface area (Å²) in [5.74, 6) is 1.93. The lowest BCUT2D eigenvalue weighted by Crippen LogP contribution is -2.33. The quantitative estimate of drug-likeness (QED) is 0.159. The van der Waals surface area contributed by atoms with Crippen molar-refractivity contribution in [2.45, 2.75) is 88.5 Å². The number of hydrogen-bond donors (Lipinski definition) is 0. The van der Waals surface area contributed by atoms with Crippen molar-refractivity contribution in [3.05, 3.63) is 71.0 Å². The van der Waals surface area contributed by atoms with E-state index in [1.54, 1.807) is 0 Å². The molecular formula is C39H47N2O+. The van der Waals surface area contributed by atoms with Crippen molar-refractivity contribution in [1.29, 1.82) is 0 Å². The highest BCUT2D eigenvalue weighted by Crippen LogP contribution is 2.52. The number of rotatable bonds is 3. The molecule has 3 nitrogen and oxygen atoms in total. The van der Waals surface area contributed by atoms with Gasteiger partial charge in [0.25, 0.3) is 6.33 Å². The van der Waals surface area contributed by atoms with E-state index in [-0.39, 0.29) is 16.2 Å². The highest BCUT2D eigenvalue weighted by Gasteiger charge is 2.34. The molecule has 1 aromatic heterocycles. The number of ether oxygens (including phenoxy) is 1. The lowest BCUT2D eigenvalue weighted by atomic mass is 9.80. The molecule has 0 saturated carbocycles. The third kappa shape index (κ3) is 5.16. The Bertz CT molecular complexity index is 1890. The summed E-state index contributed by atoms with van der Waals surface area (Å²) in [4.78, 5) is 5.00. The lowest BCUT2D eigenvalue weighted by molar-refractivity contribution is -0.662. The Morgan fingerprint density at radius 1 is 0.714 bits per heavy atom. The molecule has 5 aromatic rings. The highest BCUT2D eigenvalue weighted by molar-refractivity contribution is 6.14. The summed E-state index contributed by atoms with van der Waals surface area (Å²) in [6, 6.07) is 16.3. The average molecular weight is 560 g/mol. The molecule has 42 heavy (non-hydrogen) atoms. The van der Waals surface area contributed by atoms with Gasteiger partial charge in [0, 0.05) is 10.9 Å². The Balaban J connectivity index is 1.68. The number of nitrogens with zero attached hydrogens (tertiary/aromatic N) is 2. The van der Waals surface area contributed by atoms with E-state index in [1.807, 2.05) is 6.33 Å². The van der Waals surface area contributed by atoms with E-state index in [0.29, 0.717) is 0 Å². The Morgan fingerprint density at radius 3 is 1.93 bits per heavy atom. The summed E-state index contributed by atoms with van der Waals surface area (Å²) in [5, 5.41) is 6.12. The zero-order valence-corrected chi connectivity index (χ0v) is 27.5. The van der Waals surface area contributed by atoms with E-state index < -0.39 is 0 Å². The van der Waals surface area contributed by atoms with Gasteiger partial charge in [-0.3, -0.25) is 0 Å². The normalized spacial score (nSPS) is 13.6. The average Bonchev–Trinajstić information content (AvgIpc) is 2.85. The van der Waals surface area contributed by atoms with Gasteiger partial charge in [0.1, 0.15) is 16.9 Å². The van der Waals surface area contributed by atoms with Crippen LogP contribution in [0.4, 0.5) is 0 Å². The van der Waals surface area contributed by atoms with E-state index in [4.69, 9.17) is 9.72 Å². The minimum atomic E-state index is 0.102. The van der Waals surface area contributed by atoms with Crippen LogP contribution < -0.4 is 9.30 Å². The second kappa shape index (κ2) is 9.53. The zero-order chi connectivity index (χ0) is 30.4. The molecule has 0 radical (unpaired) electrons. The highest BCUT2D eigenvalue weighted by atomic mass is 16.5. The van der Waals surface area contributed by atoms with E-state index >= 15 is 0 Å². The first kappa shape index (κ1) is 28.6. The van der Waals surface area contributed by atoms with E-state index in [0.717, 1.165) is 41.7 Å². The molecule has 0 bridgehead atoms. The van der Waals surface area contributed by atoms with Crippen LogP contribution >= 0.6 is 0 Å². The molecule has 2 heterocycles. The molecule has 0 N–H and O–H groups in total. The topological polar surface area (TPSA) is 26.0 Å². The third-order valence-electron chi connectivity index (χ3n) is 8.40. The minimum Gasteiger partial charge on any atom is -0.455 e. The van der Waals surface area contributed by atoms with Crippen LogP contribution in [0.3, 0.4) is 0 Å². The van der Waals surface area contributed by atoms with Gasteiger partial charge in [-0.25, -0.2) is 4.57 Å². The van der Waals surface area contributed by atoms with Crippen molar-refractivity contribution in [2.75, 3.05) is 0 Å². The molecule has 6 rings (SSSR count).